The van der Waals surface area contributed by atoms with Gasteiger partial charge < -0.3 is 10.7 Å². The highest BCUT2D eigenvalue weighted by Gasteiger charge is 2.17. The topological polar surface area (TPSA) is 113 Å². The summed E-state index contributed by atoms with van der Waals surface area (Å²) >= 11 is 0. The fourth-order valence-electron chi connectivity index (χ4n) is 2.42. The molecular formula is C17H18ClN5O2. The largest absolute Gasteiger partial charge is 0.361 e. The molecule has 3 rings (SSSR count). The number of benzene rings is 1. The number of aromatic amines is 1. The van der Waals surface area contributed by atoms with Crippen molar-refractivity contribution in [2.24, 2.45) is 5.73 Å². The van der Waals surface area contributed by atoms with Crippen LogP contribution in [0.15, 0.2) is 55.0 Å². The van der Waals surface area contributed by atoms with Gasteiger partial charge in [0.1, 0.15) is 0 Å². The maximum absolute atomic E-state index is 12.1. The lowest BCUT2D eigenvalue weighted by molar-refractivity contribution is -0.123. The highest BCUT2D eigenvalue weighted by atomic mass is 35.5. The van der Waals surface area contributed by atoms with E-state index in [2.05, 4.69) is 20.8 Å². The van der Waals surface area contributed by atoms with Gasteiger partial charge in [-0.15, -0.1) is 12.4 Å². The van der Waals surface area contributed by atoms with Crippen molar-refractivity contribution >= 4 is 35.1 Å². The number of nitrogens with two attached hydrogens (primary N) is 1. The number of carbonyl (C=O) groups is 2. The first-order valence-electron chi connectivity index (χ1n) is 7.46. The predicted octanol–water partition coefficient (Wildman–Crippen LogP) is 1.32. The lowest BCUT2D eigenvalue weighted by Crippen LogP contribution is -2.50. The van der Waals surface area contributed by atoms with Gasteiger partial charge in [0, 0.05) is 35.1 Å². The molecule has 0 fully saturated rings. The number of pyridine rings is 1. The van der Waals surface area contributed by atoms with E-state index in [0.29, 0.717) is 12.0 Å². The molecule has 1 unspecified atom stereocenters. The number of para-hydroxylation sites is 1. The molecule has 0 aliphatic heterocycles. The van der Waals surface area contributed by atoms with E-state index in [9.17, 15) is 9.59 Å². The normalized spacial score (nSPS) is 11.4. The molecule has 0 aliphatic carbocycles. The molecule has 130 valence electrons. The van der Waals surface area contributed by atoms with Crippen molar-refractivity contribution in [2.75, 3.05) is 0 Å². The van der Waals surface area contributed by atoms with Crippen LogP contribution < -0.4 is 16.6 Å². The molecule has 0 bridgehead atoms. The van der Waals surface area contributed by atoms with E-state index in [4.69, 9.17) is 5.73 Å². The van der Waals surface area contributed by atoms with E-state index in [1.54, 1.807) is 12.1 Å². The van der Waals surface area contributed by atoms with E-state index in [1.165, 1.54) is 12.4 Å². The second-order valence-corrected chi connectivity index (χ2v) is 5.35. The SMILES string of the molecule is Cl.NC(Cc1c[nH]c2ccccc12)C(=O)NNC(=O)c1ccncc1. The number of fused-ring (bicyclic) bond motifs is 1. The van der Waals surface area contributed by atoms with E-state index in [-0.39, 0.29) is 12.4 Å². The van der Waals surface area contributed by atoms with Gasteiger partial charge in [-0.1, -0.05) is 18.2 Å². The molecule has 0 spiro atoms. The average molecular weight is 360 g/mol. The molecule has 7 nitrogen and oxygen atoms in total. The van der Waals surface area contributed by atoms with Gasteiger partial charge in [0.25, 0.3) is 11.8 Å². The molecule has 2 amide bonds. The van der Waals surface area contributed by atoms with E-state index < -0.39 is 17.9 Å². The van der Waals surface area contributed by atoms with Crippen LogP contribution in [0, 0.1) is 0 Å². The van der Waals surface area contributed by atoms with Gasteiger partial charge in [-0.3, -0.25) is 25.4 Å². The number of H-pyrrole nitrogens is 1. The molecule has 0 saturated heterocycles. The lowest BCUT2D eigenvalue weighted by atomic mass is 10.1. The third-order valence-corrected chi connectivity index (χ3v) is 3.69. The third kappa shape index (κ3) is 4.34. The number of hydrazine groups is 1. The number of aromatic nitrogens is 2. The number of rotatable bonds is 4. The number of nitrogens with zero attached hydrogens (tertiary/aromatic N) is 1. The molecule has 0 aliphatic rings. The number of hydrogen-bond donors (Lipinski definition) is 4. The van der Waals surface area contributed by atoms with E-state index >= 15 is 0 Å². The van der Waals surface area contributed by atoms with Crippen LogP contribution >= 0.6 is 12.4 Å². The fraction of sp³-hybridized carbons (Fsp3) is 0.118. The highest BCUT2D eigenvalue weighted by Crippen LogP contribution is 2.18. The van der Waals surface area contributed by atoms with Gasteiger partial charge in [-0.25, -0.2) is 0 Å². The summed E-state index contributed by atoms with van der Waals surface area (Å²) in [7, 11) is 0. The molecule has 2 aromatic heterocycles. The Morgan fingerprint density at radius 3 is 2.60 bits per heavy atom. The zero-order valence-electron chi connectivity index (χ0n) is 13.2. The zero-order chi connectivity index (χ0) is 16.9. The fourth-order valence-corrected chi connectivity index (χ4v) is 2.42. The quantitative estimate of drug-likeness (QED) is 0.526. The highest BCUT2D eigenvalue weighted by molar-refractivity contribution is 5.95. The number of amides is 2. The van der Waals surface area contributed by atoms with Crippen LogP contribution in [0.3, 0.4) is 0 Å². The van der Waals surface area contributed by atoms with Crippen molar-refractivity contribution in [3.8, 4) is 0 Å². The van der Waals surface area contributed by atoms with Crippen molar-refractivity contribution in [1.29, 1.82) is 0 Å². The molecule has 25 heavy (non-hydrogen) atoms. The van der Waals surface area contributed by atoms with Crippen LogP contribution in [-0.4, -0.2) is 27.8 Å². The van der Waals surface area contributed by atoms with Crippen molar-refractivity contribution in [1.82, 2.24) is 20.8 Å². The predicted molar refractivity (Wildman–Crippen MR) is 97.1 cm³/mol. The summed E-state index contributed by atoms with van der Waals surface area (Å²) in [6.45, 7) is 0. The van der Waals surface area contributed by atoms with Gasteiger partial charge in [-0.2, -0.15) is 0 Å². The van der Waals surface area contributed by atoms with Crippen molar-refractivity contribution in [3.05, 3.63) is 66.1 Å². The molecule has 2 heterocycles. The van der Waals surface area contributed by atoms with Crippen LogP contribution in [-0.2, 0) is 11.2 Å². The Balaban J connectivity index is 0.00000225. The standard InChI is InChI=1S/C17H17N5O2.ClH/c18-14(9-12-10-20-15-4-2-1-3-13(12)15)17(24)22-21-16(23)11-5-7-19-8-6-11;/h1-8,10,14,20H,9,18H2,(H,21,23)(H,22,24);1H. The molecule has 8 heteroatoms. The van der Waals surface area contributed by atoms with Crippen molar-refractivity contribution < 1.29 is 9.59 Å². The average Bonchev–Trinajstić information content (AvgIpc) is 3.03. The molecule has 1 aromatic carbocycles. The number of hydrogen-bond acceptors (Lipinski definition) is 4. The summed E-state index contributed by atoms with van der Waals surface area (Å²) < 4.78 is 0. The lowest BCUT2D eigenvalue weighted by Gasteiger charge is -2.12. The summed E-state index contributed by atoms with van der Waals surface area (Å²) in [5.74, 6) is -0.882. The van der Waals surface area contributed by atoms with Gasteiger partial charge >= 0.3 is 0 Å². The van der Waals surface area contributed by atoms with Crippen LogP contribution in [0.1, 0.15) is 15.9 Å². The zero-order valence-corrected chi connectivity index (χ0v) is 14.0. The van der Waals surface area contributed by atoms with Crippen molar-refractivity contribution in [2.45, 2.75) is 12.5 Å². The minimum Gasteiger partial charge on any atom is -0.361 e. The maximum Gasteiger partial charge on any atom is 0.269 e. The third-order valence-electron chi connectivity index (χ3n) is 3.69. The molecule has 3 aromatic rings. The smallest absolute Gasteiger partial charge is 0.269 e. The Hall–Kier alpha value is -2.90. The molecule has 1 atom stereocenters. The first kappa shape index (κ1) is 18.4. The van der Waals surface area contributed by atoms with Crippen molar-refractivity contribution in [3.63, 3.8) is 0 Å². The van der Waals surface area contributed by atoms with Crippen LogP contribution in [0.5, 0.6) is 0 Å². The first-order valence-corrected chi connectivity index (χ1v) is 7.46. The molecule has 0 radical (unpaired) electrons. The molecule has 0 saturated carbocycles. The number of nitrogens with one attached hydrogen (secondary N) is 3. The van der Waals surface area contributed by atoms with Gasteiger partial charge in [0.05, 0.1) is 6.04 Å². The van der Waals surface area contributed by atoms with Crippen LogP contribution in [0.25, 0.3) is 10.9 Å². The molecular weight excluding hydrogens is 342 g/mol. The summed E-state index contributed by atoms with van der Waals surface area (Å²) in [6, 6.07) is 10.1. The Morgan fingerprint density at radius 2 is 1.84 bits per heavy atom. The summed E-state index contributed by atoms with van der Waals surface area (Å²) in [4.78, 5) is 30.9. The monoisotopic (exact) mass is 359 g/mol. The Kier molecular flexibility index (Phi) is 6.10. The van der Waals surface area contributed by atoms with Gasteiger partial charge in [-0.05, 0) is 30.2 Å². The molecule has 5 N–H and O–H groups in total. The van der Waals surface area contributed by atoms with Crippen LogP contribution in [0.2, 0.25) is 0 Å². The Labute approximate surface area is 150 Å². The minimum absolute atomic E-state index is 0. The Morgan fingerprint density at radius 1 is 1.12 bits per heavy atom. The first-order chi connectivity index (χ1) is 11.6. The minimum atomic E-state index is -0.776. The van der Waals surface area contributed by atoms with Gasteiger partial charge in [0.2, 0.25) is 0 Å². The summed E-state index contributed by atoms with van der Waals surface area (Å²) in [5.41, 5.74) is 13.0. The summed E-state index contributed by atoms with van der Waals surface area (Å²) in [6.07, 6.45) is 5.20. The van der Waals surface area contributed by atoms with E-state index in [0.717, 1.165) is 16.5 Å². The summed E-state index contributed by atoms with van der Waals surface area (Å²) in [5, 5.41) is 1.03. The second-order valence-electron chi connectivity index (χ2n) is 5.35. The second kappa shape index (κ2) is 8.27. The Bertz CT molecular complexity index is 866. The number of carbonyl (C=O) groups excluding carboxylic acids is 2. The number of halogens is 1. The van der Waals surface area contributed by atoms with Crippen LogP contribution in [0.4, 0.5) is 0 Å². The maximum atomic E-state index is 12.1. The van der Waals surface area contributed by atoms with E-state index in [1.807, 2.05) is 30.5 Å². The van der Waals surface area contributed by atoms with Gasteiger partial charge in [0.15, 0.2) is 0 Å².